The Bertz CT molecular complexity index is 821. The lowest BCUT2D eigenvalue weighted by Crippen LogP contribution is -2.28. The molecular weight excluding hydrogens is 669 g/mol. The van der Waals surface area contributed by atoms with Crippen molar-refractivity contribution in [3.05, 3.63) is 24.3 Å². The average Bonchev–Trinajstić information content (AvgIpc) is 3.17. The third-order valence-corrected chi connectivity index (χ3v) is 10.7. The molecule has 0 fully saturated rings. The van der Waals surface area contributed by atoms with Gasteiger partial charge in [0, 0.05) is 12.8 Å². The molecule has 5 heteroatoms. The van der Waals surface area contributed by atoms with E-state index in [-0.39, 0.29) is 25.2 Å². The van der Waals surface area contributed by atoms with Gasteiger partial charge in [0.25, 0.3) is 0 Å². The van der Waals surface area contributed by atoms with Crippen LogP contribution in [0.3, 0.4) is 0 Å². The number of esters is 2. The molecule has 1 unspecified atom stereocenters. The minimum atomic E-state index is -0.770. The molecule has 0 heterocycles. The van der Waals surface area contributed by atoms with Crippen molar-refractivity contribution in [2.75, 3.05) is 13.2 Å². The zero-order valence-electron chi connectivity index (χ0n) is 36.3. The standard InChI is InChI=1S/C49H92O5/c1-3-5-7-9-11-13-15-17-19-21-23-24-26-27-29-31-33-35-37-39-41-43-48(51)53-46-47(45-50)54-49(52)44-42-40-38-36-34-32-30-28-25-22-20-18-16-14-12-10-8-6-4-2/h12,14,18,20,47,50H,3-11,13,15-17,19,21-46H2,1-2H3/b14-12-,20-18-. The lowest BCUT2D eigenvalue weighted by molar-refractivity contribution is -0.161. The van der Waals surface area contributed by atoms with E-state index in [4.69, 9.17) is 9.47 Å². The maximum absolute atomic E-state index is 12.2. The Balaban J connectivity index is 3.47. The SMILES string of the molecule is CCCCC/C=C\C/C=C\CCCCCCCCCCCC(=O)OC(CO)COC(=O)CCCCCCCCCCCCCCCCCCCCCCC. The van der Waals surface area contributed by atoms with Crippen LogP contribution in [0.15, 0.2) is 24.3 Å². The van der Waals surface area contributed by atoms with Crippen molar-refractivity contribution in [1.82, 2.24) is 0 Å². The number of aliphatic hydroxyl groups is 1. The Morgan fingerprint density at radius 3 is 1.13 bits per heavy atom. The molecule has 1 atom stereocenters. The normalized spacial score (nSPS) is 12.3. The van der Waals surface area contributed by atoms with Gasteiger partial charge in [-0.15, -0.1) is 0 Å². The second kappa shape index (κ2) is 45.8. The Kier molecular flexibility index (Phi) is 44.4. The summed E-state index contributed by atoms with van der Waals surface area (Å²) >= 11 is 0. The van der Waals surface area contributed by atoms with E-state index in [1.54, 1.807) is 0 Å². The summed E-state index contributed by atoms with van der Waals surface area (Å²) in [6.45, 7) is 4.15. The van der Waals surface area contributed by atoms with Crippen LogP contribution in [0, 0.1) is 0 Å². The van der Waals surface area contributed by atoms with E-state index < -0.39 is 6.10 Å². The van der Waals surface area contributed by atoms with Crippen molar-refractivity contribution >= 4 is 11.9 Å². The summed E-state index contributed by atoms with van der Waals surface area (Å²) in [4.78, 5) is 24.4. The maximum Gasteiger partial charge on any atom is 0.306 e. The lowest BCUT2D eigenvalue weighted by atomic mass is 10.0. The summed E-state index contributed by atoms with van der Waals surface area (Å²) in [5.41, 5.74) is 0. The second-order valence-electron chi connectivity index (χ2n) is 16.2. The van der Waals surface area contributed by atoms with Crippen molar-refractivity contribution in [3.63, 3.8) is 0 Å². The van der Waals surface area contributed by atoms with Crippen molar-refractivity contribution in [3.8, 4) is 0 Å². The van der Waals surface area contributed by atoms with E-state index in [1.165, 1.54) is 193 Å². The van der Waals surface area contributed by atoms with Gasteiger partial charge in [0.15, 0.2) is 6.10 Å². The molecule has 0 saturated heterocycles. The van der Waals surface area contributed by atoms with Gasteiger partial charge in [0.2, 0.25) is 0 Å². The molecule has 54 heavy (non-hydrogen) atoms. The number of hydrogen-bond donors (Lipinski definition) is 1. The van der Waals surface area contributed by atoms with Gasteiger partial charge in [0.05, 0.1) is 6.61 Å². The Hall–Kier alpha value is -1.62. The number of carbonyl (C=O) groups is 2. The van der Waals surface area contributed by atoms with Gasteiger partial charge in [-0.25, -0.2) is 0 Å². The highest BCUT2D eigenvalue weighted by Crippen LogP contribution is 2.16. The van der Waals surface area contributed by atoms with E-state index in [0.717, 1.165) is 38.5 Å². The van der Waals surface area contributed by atoms with Crippen LogP contribution < -0.4 is 0 Å². The van der Waals surface area contributed by atoms with Gasteiger partial charge in [-0.05, 0) is 44.9 Å². The Labute approximate surface area is 336 Å². The topological polar surface area (TPSA) is 72.8 Å². The first kappa shape index (κ1) is 52.4. The van der Waals surface area contributed by atoms with Crippen LogP contribution in [0.5, 0.6) is 0 Å². The zero-order chi connectivity index (χ0) is 39.3. The molecule has 5 nitrogen and oxygen atoms in total. The molecule has 0 aromatic carbocycles. The van der Waals surface area contributed by atoms with Gasteiger partial charge >= 0.3 is 11.9 Å². The van der Waals surface area contributed by atoms with Crippen LogP contribution in [-0.4, -0.2) is 36.4 Å². The Morgan fingerprint density at radius 2 is 0.741 bits per heavy atom. The van der Waals surface area contributed by atoms with Crippen LogP contribution in [0.1, 0.15) is 258 Å². The second-order valence-corrected chi connectivity index (χ2v) is 16.2. The van der Waals surface area contributed by atoms with E-state index in [9.17, 15) is 14.7 Å². The molecule has 0 saturated carbocycles. The quantitative estimate of drug-likeness (QED) is 0.0380. The minimum absolute atomic E-state index is 0.0623. The monoisotopic (exact) mass is 761 g/mol. The molecule has 0 bridgehead atoms. The summed E-state index contributed by atoms with van der Waals surface area (Å²) in [7, 11) is 0. The summed E-state index contributed by atoms with van der Waals surface area (Å²) in [6.07, 6.45) is 55.4. The predicted octanol–water partition coefficient (Wildman–Crippen LogP) is 15.4. The van der Waals surface area contributed by atoms with Crippen LogP contribution >= 0.6 is 0 Å². The van der Waals surface area contributed by atoms with Gasteiger partial charge in [0.1, 0.15) is 6.61 Å². The van der Waals surface area contributed by atoms with E-state index in [0.29, 0.717) is 12.8 Å². The van der Waals surface area contributed by atoms with Crippen LogP contribution in [0.4, 0.5) is 0 Å². The number of allylic oxidation sites excluding steroid dienone is 4. The number of hydrogen-bond acceptors (Lipinski definition) is 5. The van der Waals surface area contributed by atoms with Gasteiger partial charge < -0.3 is 14.6 Å². The van der Waals surface area contributed by atoms with Gasteiger partial charge in [-0.3, -0.25) is 9.59 Å². The Morgan fingerprint density at radius 1 is 0.426 bits per heavy atom. The van der Waals surface area contributed by atoms with Crippen LogP contribution in [-0.2, 0) is 19.1 Å². The predicted molar refractivity (Wildman–Crippen MR) is 233 cm³/mol. The summed E-state index contributed by atoms with van der Waals surface area (Å²) in [6, 6.07) is 0. The fourth-order valence-corrected chi connectivity index (χ4v) is 7.12. The van der Waals surface area contributed by atoms with Crippen molar-refractivity contribution in [2.24, 2.45) is 0 Å². The van der Waals surface area contributed by atoms with Crippen LogP contribution in [0.2, 0.25) is 0 Å². The molecule has 0 aliphatic rings. The molecule has 0 rings (SSSR count). The molecule has 318 valence electrons. The van der Waals surface area contributed by atoms with Gasteiger partial charge in [-0.1, -0.05) is 224 Å². The minimum Gasteiger partial charge on any atom is -0.462 e. The van der Waals surface area contributed by atoms with Crippen molar-refractivity contribution in [1.29, 1.82) is 0 Å². The molecule has 0 amide bonds. The molecule has 1 N–H and O–H groups in total. The molecule has 0 aliphatic carbocycles. The highest BCUT2D eigenvalue weighted by molar-refractivity contribution is 5.70. The molecule has 0 aromatic heterocycles. The summed E-state index contributed by atoms with van der Waals surface area (Å²) in [5, 5.41) is 9.60. The number of aliphatic hydroxyl groups excluding tert-OH is 1. The summed E-state index contributed by atoms with van der Waals surface area (Å²) < 4.78 is 10.7. The molecule has 0 aliphatic heterocycles. The number of ether oxygens (including phenoxy) is 2. The average molecular weight is 761 g/mol. The highest BCUT2D eigenvalue weighted by atomic mass is 16.6. The van der Waals surface area contributed by atoms with Crippen LogP contribution in [0.25, 0.3) is 0 Å². The first-order valence-electron chi connectivity index (χ1n) is 23.9. The van der Waals surface area contributed by atoms with Gasteiger partial charge in [-0.2, -0.15) is 0 Å². The molecule has 0 aromatic rings. The van der Waals surface area contributed by atoms with E-state index >= 15 is 0 Å². The largest absolute Gasteiger partial charge is 0.462 e. The van der Waals surface area contributed by atoms with E-state index in [1.807, 2.05) is 0 Å². The zero-order valence-corrected chi connectivity index (χ0v) is 36.3. The summed E-state index contributed by atoms with van der Waals surface area (Å²) in [5.74, 6) is -0.581. The third-order valence-electron chi connectivity index (χ3n) is 10.7. The number of rotatable bonds is 44. The fraction of sp³-hybridized carbons (Fsp3) is 0.878. The maximum atomic E-state index is 12.2. The third kappa shape index (κ3) is 43.1. The smallest absolute Gasteiger partial charge is 0.306 e. The number of carbonyl (C=O) groups excluding carboxylic acids is 2. The first-order valence-corrected chi connectivity index (χ1v) is 23.9. The number of unbranched alkanes of at least 4 members (excludes halogenated alkanes) is 32. The van der Waals surface area contributed by atoms with Crippen molar-refractivity contribution < 1.29 is 24.2 Å². The molecule has 0 radical (unpaired) electrons. The molecule has 0 spiro atoms. The first-order chi connectivity index (χ1) is 26.6. The highest BCUT2D eigenvalue weighted by Gasteiger charge is 2.16. The van der Waals surface area contributed by atoms with E-state index in [2.05, 4.69) is 38.2 Å². The fourth-order valence-electron chi connectivity index (χ4n) is 7.12. The molecular formula is C49H92O5. The van der Waals surface area contributed by atoms with Crippen molar-refractivity contribution in [2.45, 2.75) is 264 Å². The lowest BCUT2D eigenvalue weighted by Gasteiger charge is -2.15.